The molecule has 5 rings (SSSR count). The average molecular weight is 377 g/mol. The van der Waals surface area contributed by atoms with Crippen LogP contribution in [-0.4, -0.2) is 17.9 Å². The second kappa shape index (κ2) is 5.78. The molecule has 5 nitrogen and oxygen atoms in total. The van der Waals surface area contributed by atoms with Gasteiger partial charge in [-0.3, -0.25) is 14.5 Å². The molecule has 2 aromatic rings. The third kappa shape index (κ3) is 2.14. The van der Waals surface area contributed by atoms with Crippen molar-refractivity contribution in [1.82, 2.24) is 0 Å². The number of quaternary nitrogens is 1. The fraction of sp³-hybridized carbons (Fsp3) is 0.190. The van der Waals surface area contributed by atoms with E-state index in [2.05, 4.69) is 6.07 Å². The van der Waals surface area contributed by atoms with Gasteiger partial charge in [0.1, 0.15) is 23.9 Å². The lowest BCUT2D eigenvalue weighted by atomic mass is 9.85. The Morgan fingerprint density at radius 1 is 1.04 bits per heavy atom. The molecule has 1 unspecified atom stereocenters. The van der Waals surface area contributed by atoms with E-state index in [4.69, 9.17) is 11.6 Å². The minimum absolute atomic E-state index is 0.235. The fourth-order valence-electron chi connectivity index (χ4n) is 4.76. The van der Waals surface area contributed by atoms with Gasteiger partial charge in [-0.2, -0.15) is 5.26 Å². The third-order valence-corrected chi connectivity index (χ3v) is 6.06. The molecule has 0 spiro atoms. The summed E-state index contributed by atoms with van der Waals surface area (Å²) in [6.07, 6.45) is 3.89. The molecule has 2 amide bonds. The Bertz CT molecular complexity index is 1060. The van der Waals surface area contributed by atoms with E-state index in [9.17, 15) is 14.9 Å². The third-order valence-electron chi connectivity index (χ3n) is 5.83. The number of nitrogens with one attached hydrogen (secondary N) is 1. The minimum atomic E-state index is -0.655. The molecule has 3 aliphatic heterocycles. The molecule has 1 N–H and O–H groups in total. The van der Waals surface area contributed by atoms with Crippen LogP contribution < -0.4 is 9.80 Å². The molecule has 2 fully saturated rings. The number of halogens is 1. The minimum Gasteiger partial charge on any atom is -0.287 e. The molecule has 132 valence electrons. The van der Waals surface area contributed by atoms with Gasteiger partial charge in [0.15, 0.2) is 6.04 Å². The average Bonchev–Trinajstić information content (AvgIpc) is 3.14. The van der Waals surface area contributed by atoms with Gasteiger partial charge in [-0.1, -0.05) is 41.9 Å². The Morgan fingerprint density at radius 2 is 1.81 bits per heavy atom. The molecule has 0 aliphatic carbocycles. The molecular formula is C21H15ClN3O2+. The molecule has 0 radical (unpaired) electrons. The Kier molecular flexibility index (Phi) is 3.48. The first kappa shape index (κ1) is 16.2. The van der Waals surface area contributed by atoms with E-state index in [0.29, 0.717) is 10.7 Å². The number of amides is 2. The molecule has 0 saturated carbocycles. The molecule has 0 aromatic heterocycles. The number of fused-ring (bicyclic) bond motifs is 5. The summed E-state index contributed by atoms with van der Waals surface area (Å²) in [5.74, 6) is -1.77. The first-order chi connectivity index (χ1) is 13.1. The highest BCUT2D eigenvalue weighted by Crippen LogP contribution is 2.44. The van der Waals surface area contributed by atoms with E-state index >= 15 is 0 Å². The topological polar surface area (TPSA) is 65.6 Å². The number of benzene rings is 2. The highest BCUT2D eigenvalue weighted by Gasteiger charge is 2.66. The molecule has 3 heterocycles. The van der Waals surface area contributed by atoms with Crippen LogP contribution in [0.25, 0.3) is 6.08 Å². The van der Waals surface area contributed by atoms with Crippen LogP contribution in [0.4, 0.5) is 5.69 Å². The summed E-state index contributed by atoms with van der Waals surface area (Å²) in [7, 11) is 0. The van der Waals surface area contributed by atoms with Crippen molar-refractivity contribution in [2.45, 2.75) is 12.1 Å². The summed E-state index contributed by atoms with van der Waals surface area (Å²) < 4.78 is 0. The number of hydrogen-bond donors (Lipinski definition) is 1. The lowest BCUT2D eigenvalue weighted by Crippen LogP contribution is -3.10. The van der Waals surface area contributed by atoms with E-state index in [1.165, 1.54) is 4.90 Å². The zero-order chi connectivity index (χ0) is 18.7. The van der Waals surface area contributed by atoms with Gasteiger partial charge in [0.05, 0.1) is 11.9 Å². The number of nitrogens with zero attached hydrogens (tertiary/aromatic N) is 2. The van der Waals surface area contributed by atoms with Gasteiger partial charge in [0, 0.05) is 10.6 Å². The molecule has 2 aromatic carbocycles. The van der Waals surface area contributed by atoms with Crippen molar-refractivity contribution in [3.8, 4) is 6.07 Å². The Labute approximate surface area is 161 Å². The van der Waals surface area contributed by atoms with E-state index in [1.807, 2.05) is 36.5 Å². The van der Waals surface area contributed by atoms with Crippen LogP contribution in [0.3, 0.4) is 0 Å². The molecule has 3 aliphatic rings. The maximum absolute atomic E-state index is 13.4. The molecule has 0 bridgehead atoms. The van der Waals surface area contributed by atoms with E-state index < -0.39 is 17.9 Å². The monoisotopic (exact) mass is 376 g/mol. The predicted molar refractivity (Wildman–Crippen MR) is 99.5 cm³/mol. The summed E-state index contributed by atoms with van der Waals surface area (Å²) in [6.45, 7) is 0. The van der Waals surface area contributed by atoms with Crippen molar-refractivity contribution in [3.05, 3.63) is 70.9 Å². The van der Waals surface area contributed by atoms with E-state index in [-0.39, 0.29) is 17.9 Å². The molecule has 5 atom stereocenters. The smallest absolute Gasteiger partial charge is 0.245 e. The van der Waals surface area contributed by atoms with Crippen molar-refractivity contribution in [2.24, 2.45) is 11.8 Å². The number of nitriles is 1. The standard InChI is InChI=1S/C21H14ClN3O2/c22-13-5-3-6-14(10-13)25-20(26)17-16(11-23)24-9-8-12-4-1-2-7-15(12)19(24)18(17)21(25)27/h1-10,16-19H/p+1/t16-,17+,18+,19-/m1/s1. The van der Waals surface area contributed by atoms with Gasteiger partial charge < -0.3 is 0 Å². The van der Waals surface area contributed by atoms with Crippen LogP contribution in [0, 0.1) is 23.2 Å². The Hall–Kier alpha value is -2.94. The number of imide groups is 1. The second-order valence-corrected chi connectivity index (χ2v) is 7.53. The Morgan fingerprint density at radius 3 is 2.59 bits per heavy atom. The molecule has 2 saturated heterocycles. The number of rotatable bonds is 1. The second-order valence-electron chi connectivity index (χ2n) is 7.09. The summed E-state index contributed by atoms with van der Waals surface area (Å²) in [5, 5.41) is 10.3. The first-order valence-electron chi connectivity index (χ1n) is 8.78. The lowest BCUT2D eigenvalue weighted by Gasteiger charge is -2.28. The predicted octanol–water partition coefficient (Wildman–Crippen LogP) is 1.96. The fourth-order valence-corrected chi connectivity index (χ4v) is 4.94. The maximum atomic E-state index is 13.4. The van der Waals surface area contributed by atoms with Crippen LogP contribution in [0.2, 0.25) is 5.02 Å². The Balaban J connectivity index is 1.65. The lowest BCUT2D eigenvalue weighted by molar-refractivity contribution is -0.885. The number of carbonyl (C=O) groups excluding carboxylic acids is 2. The van der Waals surface area contributed by atoms with Gasteiger partial charge in [-0.25, -0.2) is 4.90 Å². The normalized spacial score (nSPS) is 30.7. The SMILES string of the molecule is N#C[C@@H]1[C@@H]2C(=O)N(c3cccc(Cl)c3)C(=O)[C@@H]2[C@H]2c3ccccc3C=C[NH+]12. The van der Waals surface area contributed by atoms with Crippen molar-refractivity contribution in [2.75, 3.05) is 4.90 Å². The van der Waals surface area contributed by atoms with Gasteiger partial charge in [0.2, 0.25) is 11.8 Å². The van der Waals surface area contributed by atoms with Crippen LogP contribution in [-0.2, 0) is 9.59 Å². The van der Waals surface area contributed by atoms with Gasteiger partial charge in [-0.15, -0.1) is 0 Å². The first-order valence-corrected chi connectivity index (χ1v) is 9.16. The molecule has 6 heteroatoms. The highest BCUT2D eigenvalue weighted by molar-refractivity contribution is 6.31. The molecule has 27 heavy (non-hydrogen) atoms. The van der Waals surface area contributed by atoms with E-state index in [1.54, 1.807) is 24.3 Å². The van der Waals surface area contributed by atoms with Crippen molar-refractivity contribution < 1.29 is 14.5 Å². The van der Waals surface area contributed by atoms with Crippen molar-refractivity contribution in [1.29, 1.82) is 5.26 Å². The van der Waals surface area contributed by atoms with Gasteiger partial charge in [-0.05, 0) is 29.8 Å². The largest absolute Gasteiger partial charge is 0.287 e. The summed E-state index contributed by atoms with van der Waals surface area (Å²) in [6, 6.07) is 16.0. The van der Waals surface area contributed by atoms with Crippen molar-refractivity contribution in [3.63, 3.8) is 0 Å². The number of anilines is 1. The van der Waals surface area contributed by atoms with Crippen LogP contribution in [0.15, 0.2) is 54.7 Å². The molecular weight excluding hydrogens is 362 g/mol. The van der Waals surface area contributed by atoms with Gasteiger partial charge in [0.25, 0.3) is 0 Å². The number of carbonyl (C=O) groups is 2. The van der Waals surface area contributed by atoms with Crippen molar-refractivity contribution >= 4 is 35.2 Å². The maximum Gasteiger partial charge on any atom is 0.245 e. The highest BCUT2D eigenvalue weighted by atomic mass is 35.5. The number of hydrogen-bond acceptors (Lipinski definition) is 3. The van der Waals surface area contributed by atoms with E-state index in [0.717, 1.165) is 16.0 Å². The van der Waals surface area contributed by atoms with Crippen LogP contribution >= 0.6 is 11.6 Å². The summed E-state index contributed by atoms with van der Waals surface area (Å²) in [4.78, 5) is 28.6. The van der Waals surface area contributed by atoms with Crippen LogP contribution in [0.5, 0.6) is 0 Å². The zero-order valence-electron chi connectivity index (χ0n) is 14.2. The van der Waals surface area contributed by atoms with Gasteiger partial charge >= 0.3 is 0 Å². The quantitative estimate of drug-likeness (QED) is 0.774. The zero-order valence-corrected chi connectivity index (χ0v) is 14.9. The van der Waals surface area contributed by atoms with Crippen LogP contribution in [0.1, 0.15) is 17.2 Å². The summed E-state index contributed by atoms with van der Waals surface area (Å²) in [5.41, 5.74) is 2.51. The summed E-state index contributed by atoms with van der Waals surface area (Å²) >= 11 is 6.06.